The van der Waals surface area contributed by atoms with Gasteiger partial charge in [0.1, 0.15) is 5.82 Å². The van der Waals surface area contributed by atoms with Gasteiger partial charge in [0.2, 0.25) is 0 Å². The van der Waals surface area contributed by atoms with Gasteiger partial charge >= 0.3 is 0 Å². The molecule has 2 rings (SSSR count). The van der Waals surface area contributed by atoms with Crippen LogP contribution in [0.5, 0.6) is 0 Å². The average molecular weight is 278 g/mol. The zero-order valence-electron chi connectivity index (χ0n) is 10.2. The molecular weight excluding hydrogens is 265 g/mol. The van der Waals surface area contributed by atoms with Crippen LogP contribution in [-0.4, -0.2) is 12.3 Å². The Morgan fingerprint density at radius 1 is 1.16 bits per heavy atom. The molecule has 0 saturated heterocycles. The quantitative estimate of drug-likeness (QED) is 0.872. The van der Waals surface area contributed by atoms with Crippen LogP contribution in [0.15, 0.2) is 42.5 Å². The number of nitrogens with two attached hydrogens (primary N) is 1. The van der Waals surface area contributed by atoms with Crippen LogP contribution in [0.4, 0.5) is 4.39 Å². The van der Waals surface area contributed by atoms with Crippen LogP contribution in [0.1, 0.15) is 21.5 Å². The molecule has 2 aromatic rings. The Morgan fingerprint density at radius 3 is 2.42 bits per heavy atom. The van der Waals surface area contributed by atoms with Crippen molar-refractivity contribution >= 4 is 17.4 Å². The minimum atomic E-state index is -0.608. The Hall–Kier alpha value is -1.71. The first-order valence-electron chi connectivity index (χ1n) is 5.90. The van der Waals surface area contributed by atoms with Crippen molar-refractivity contribution in [3.63, 3.8) is 0 Å². The molecule has 2 N–H and O–H groups in total. The van der Waals surface area contributed by atoms with Crippen LogP contribution in [0.3, 0.4) is 0 Å². The van der Waals surface area contributed by atoms with E-state index in [1.165, 1.54) is 12.1 Å². The maximum Gasteiger partial charge on any atom is 0.195 e. The summed E-state index contributed by atoms with van der Waals surface area (Å²) in [6, 6.07) is 11.1. The van der Waals surface area contributed by atoms with Crippen LogP contribution in [0.25, 0.3) is 0 Å². The van der Waals surface area contributed by atoms with Crippen LogP contribution in [0.2, 0.25) is 5.02 Å². The van der Waals surface area contributed by atoms with Crippen molar-refractivity contribution in [2.75, 3.05) is 6.54 Å². The van der Waals surface area contributed by atoms with Gasteiger partial charge in [0.05, 0.1) is 5.56 Å². The highest BCUT2D eigenvalue weighted by atomic mass is 35.5. The first-order valence-corrected chi connectivity index (χ1v) is 6.28. The fraction of sp³-hybridized carbons (Fsp3) is 0.133. The number of benzene rings is 2. The summed E-state index contributed by atoms with van der Waals surface area (Å²) in [6.45, 7) is 0.555. The molecule has 2 aromatic carbocycles. The molecule has 19 heavy (non-hydrogen) atoms. The van der Waals surface area contributed by atoms with E-state index >= 15 is 0 Å². The van der Waals surface area contributed by atoms with Gasteiger partial charge in [0, 0.05) is 10.6 Å². The molecule has 0 spiro atoms. The Balaban J connectivity index is 2.28. The number of halogens is 2. The molecule has 0 aromatic heterocycles. The molecule has 0 bridgehead atoms. The number of carbonyl (C=O) groups excluding carboxylic acids is 1. The topological polar surface area (TPSA) is 43.1 Å². The lowest BCUT2D eigenvalue weighted by Crippen LogP contribution is -2.06. The summed E-state index contributed by atoms with van der Waals surface area (Å²) in [7, 11) is 0. The number of hydrogen-bond acceptors (Lipinski definition) is 2. The second kappa shape index (κ2) is 5.95. The molecule has 0 fully saturated rings. The van der Waals surface area contributed by atoms with Crippen molar-refractivity contribution in [2.45, 2.75) is 6.42 Å². The molecule has 0 heterocycles. The van der Waals surface area contributed by atoms with E-state index in [9.17, 15) is 9.18 Å². The summed E-state index contributed by atoms with van der Waals surface area (Å²) < 4.78 is 13.7. The summed E-state index contributed by atoms with van der Waals surface area (Å²) in [5.74, 6) is -0.961. The van der Waals surface area contributed by atoms with Crippen molar-refractivity contribution < 1.29 is 9.18 Å². The molecule has 0 unspecified atom stereocenters. The van der Waals surface area contributed by atoms with Crippen molar-refractivity contribution in [3.05, 3.63) is 70.0 Å². The lowest BCUT2D eigenvalue weighted by molar-refractivity contribution is 0.103. The van der Waals surface area contributed by atoms with E-state index in [0.29, 0.717) is 12.1 Å². The smallest absolute Gasteiger partial charge is 0.195 e. The standard InChI is InChI=1S/C15H13ClFNO/c16-12-5-6-13(14(17)9-12)15(19)11-3-1-10(2-4-11)7-8-18/h1-6,9H,7-8,18H2. The summed E-state index contributed by atoms with van der Waals surface area (Å²) in [4.78, 5) is 12.1. The maximum atomic E-state index is 13.7. The highest BCUT2D eigenvalue weighted by Gasteiger charge is 2.14. The van der Waals surface area contributed by atoms with E-state index in [2.05, 4.69) is 0 Å². The Labute approximate surface area is 116 Å². The third kappa shape index (κ3) is 3.19. The summed E-state index contributed by atoms with van der Waals surface area (Å²) in [5.41, 5.74) is 6.98. The largest absolute Gasteiger partial charge is 0.330 e. The molecule has 0 aliphatic carbocycles. The molecule has 0 radical (unpaired) electrons. The summed E-state index contributed by atoms with van der Waals surface area (Å²) in [5, 5.41) is 0.271. The second-order valence-corrected chi connectivity index (χ2v) is 4.63. The number of rotatable bonds is 4. The number of carbonyl (C=O) groups is 1. The molecule has 0 aliphatic heterocycles. The van der Waals surface area contributed by atoms with Gasteiger partial charge in [-0.05, 0) is 36.7 Å². The zero-order valence-corrected chi connectivity index (χ0v) is 11.0. The second-order valence-electron chi connectivity index (χ2n) is 4.19. The third-order valence-corrected chi connectivity index (χ3v) is 3.06. The highest BCUT2D eigenvalue weighted by Crippen LogP contribution is 2.18. The highest BCUT2D eigenvalue weighted by molar-refractivity contribution is 6.30. The molecule has 0 aliphatic rings. The van der Waals surface area contributed by atoms with Gasteiger partial charge in [-0.1, -0.05) is 35.9 Å². The third-order valence-electron chi connectivity index (χ3n) is 2.82. The molecule has 0 saturated carbocycles. The minimum absolute atomic E-state index is 0.0241. The summed E-state index contributed by atoms with van der Waals surface area (Å²) in [6.07, 6.45) is 0.754. The number of ketones is 1. The number of hydrogen-bond donors (Lipinski definition) is 1. The van der Waals surface area contributed by atoms with Gasteiger partial charge < -0.3 is 5.73 Å². The van der Waals surface area contributed by atoms with Gasteiger partial charge in [-0.25, -0.2) is 4.39 Å². The van der Waals surface area contributed by atoms with Crippen molar-refractivity contribution in [3.8, 4) is 0 Å². The first kappa shape index (κ1) is 13.7. The molecule has 4 heteroatoms. The molecule has 0 atom stereocenters. The molecule has 0 amide bonds. The zero-order chi connectivity index (χ0) is 13.8. The average Bonchev–Trinajstić information content (AvgIpc) is 2.39. The van der Waals surface area contributed by atoms with Gasteiger partial charge in [-0.15, -0.1) is 0 Å². The lowest BCUT2D eigenvalue weighted by atomic mass is 10.0. The minimum Gasteiger partial charge on any atom is -0.330 e. The first-order chi connectivity index (χ1) is 9.11. The molecule has 98 valence electrons. The monoisotopic (exact) mass is 277 g/mol. The van der Waals surface area contributed by atoms with Crippen molar-refractivity contribution in [1.29, 1.82) is 0 Å². The summed E-state index contributed by atoms with van der Waals surface area (Å²) >= 11 is 5.66. The molecule has 2 nitrogen and oxygen atoms in total. The van der Waals surface area contributed by atoms with Crippen molar-refractivity contribution in [2.24, 2.45) is 5.73 Å². The van der Waals surface area contributed by atoms with E-state index in [4.69, 9.17) is 17.3 Å². The van der Waals surface area contributed by atoms with Gasteiger partial charge in [-0.3, -0.25) is 4.79 Å². The van der Waals surface area contributed by atoms with E-state index in [1.807, 2.05) is 12.1 Å². The van der Waals surface area contributed by atoms with Crippen LogP contribution < -0.4 is 5.73 Å². The predicted molar refractivity (Wildman–Crippen MR) is 74.0 cm³/mol. The van der Waals surface area contributed by atoms with Gasteiger partial charge in [0.25, 0.3) is 0 Å². The van der Waals surface area contributed by atoms with Crippen LogP contribution in [0, 0.1) is 5.82 Å². The lowest BCUT2D eigenvalue weighted by Gasteiger charge is -2.04. The Morgan fingerprint density at radius 2 is 1.84 bits per heavy atom. The van der Waals surface area contributed by atoms with E-state index < -0.39 is 5.82 Å². The van der Waals surface area contributed by atoms with E-state index in [-0.39, 0.29) is 16.4 Å². The maximum absolute atomic E-state index is 13.7. The normalized spacial score (nSPS) is 10.5. The fourth-order valence-electron chi connectivity index (χ4n) is 1.82. The van der Waals surface area contributed by atoms with Crippen molar-refractivity contribution in [1.82, 2.24) is 0 Å². The van der Waals surface area contributed by atoms with Crippen LogP contribution in [-0.2, 0) is 6.42 Å². The van der Waals surface area contributed by atoms with E-state index in [1.54, 1.807) is 12.1 Å². The Bertz CT molecular complexity index is 596. The van der Waals surface area contributed by atoms with E-state index in [0.717, 1.165) is 18.1 Å². The Kier molecular flexibility index (Phi) is 4.30. The van der Waals surface area contributed by atoms with Crippen LogP contribution >= 0.6 is 11.6 Å². The fourth-order valence-corrected chi connectivity index (χ4v) is 1.98. The SMILES string of the molecule is NCCc1ccc(C(=O)c2ccc(Cl)cc2F)cc1. The molecular formula is C15H13ClFNO. The predicted octanol–water partition coefficient (Wildman–Crippen LogP) is 3.21. The van der Waals surface area contributed by atoms with Gasteiger partial charge in [-0.2, -0.15) is 0 Å². The van der Waals surface area contributed by atoms with Gasteiger partial charge in [0.15, 0.2) is 5.78 Å².